The number of fused-ring (bicyclic) bond motifs is 1. The van der Waals surface area contributed by atoms with Crippen molar-refractivity contribution >= 4 is 5.82 Å². The number of rotatable bonds is 3. The summed E-state index contributed by atoms with van der Waals surface area (Å²) in [5.41, 5.74) is 3.57. The van der Waals surface area contributed by atoms with Gasteiger partial charge in [-0.15, -0.1) is 0 Å². The van der Waals surface area contributed by atoms with Gasteiger partial charge in [0.05, 0.1) is 5.69 Å². The van der Waals surface area contributed by atoms with Crippen molar-refractivity contribution in [2.75, 3.05) is 11.9 Å². The molecule has 0 radical (unpaired) electrons. The third-order valence-electron chi connectivity index (χ3n) is 3.25. The topological polar surface area (TPSA) is 62.7 Å². The number of anilines is 1. The third-order valence-corrected chi connectivity index (χ3v) is 3.25. The number of pyridine rings is 1. The van der Waals surface area contributed by atoms with Crippen LogP contribution in [0.4, 0.5) is 5.82 Å². The molecule has 0 saturated carbocycles. The summed E-state index contributed by atoms with van der Waals surface area (Å²) in [6.07, 6.45) is 4.58. The largest absolute Gasteiger partial charge is 0.366 e. The molecule has 0 aromatic carbocycles. The molecule has 0 unspecified atom stereocenters. The van der Waals surface area contributed by atoms with E-state index in [0.717, 1.165) is 37.7 Å². The van der Waals surface area contributed by atoms with Crippen molar-refractivity contribution in [3.05, 3.63) is 47.2 Å². The van der Waals surface area contributed by atoms with E-state index in [-0.39, 0.29) is 0 Å². The van der Waals surface area contributed by atoms with Gasteiger partial charge in [0.15, 0.2) is 0 Å². The molecule has 0 amide bonds. The molecule has 2 N–H and O–H groups in total. The molecule has 0 bridgehead atoms. The van der Waals surface area contributed by atoms with E-state index in [4.69, 9.17) is 0 Å². The maximum absolute atomic E-state index is 4.53. The number of aryl methyl sites for hydroxylation is 1. The van der Waals surface area contributed by atoms with E-state index in [1.165, 1.54) is 16.8 Å². The average Bonchev–Trinajstić information content (AvgIpc) is 2.45. The Balaban J connectivity index is 1.82. The van der Waals surface area contributed by atoms with E-state index < -0.39 is 0 Å². The number of hydrogen-bond acceptors (Lipinski definition) is 5. The lowest BCUT2D eigenvalue weighted by Gasteiger charge is -2.20. The van der Waals surface area contributed by atoms with E-state index in [9.17, 15) is 0 Å². The first-order valence-electron chi connectivity index (χ1n) is 6.53. The molecule has 1 aliphatic heterocycles. The number of nitrogens with one attached hydrogen (secondary N) is 2. The second kappa shape index (κ2) is 5.32. The summed E-state index contributed by atoms with van der Waals surface area (Å²) in [4.78, 5) is 13.1. The maximum Gasteiger partial charge on any atom is 0.134 e. The van der Waals surface area contributed by atoms with E-state index in [1.54, 1.807) is 12.4 Å². The van der Waals surface area contributed by atoms with Gasteiger partial charge in [0.1, 0.15) is 11.6 Å². The summed E-state index contributed by atoms with van der Waals surface area (Å²) in [6.45, 7) is 4.53. The fraction of sp³-hybridized carbons (Fsp3) is 0.357. The Labute approximate surface area is 112 Å². The molecule has 0 fully saturated rings. The van der Waals surface area contributed by atoms with Gasteiger partial charge in [-0.2, -0.15) is 0 Å². The van der Waals surface area contributed by atoms with Crippen LogP contribution in [-0.2, 0) is 19.5 Å². The zero-order valence-electron chi connectivity index (χ0n) is 11.0. The summed E-state index contributed by atoms with van der Waals surface area (Å²) >= 11 is 0. The SMILES string of the molecule is Cc1nc2c(c(NCc3ccncc3)n1)CNCC2. The Morgan fingerprint density at radius 1 is 1.26 bits per heavy atom. The van der Waals surface area contributed by atoms with Crippen LogP contribution in [-0.4, -0.2) is 21.5 Å². The highest BCUT2D eigenvalue weighted by molar-refractivity contribution is 5.48. The van der Waals surface area contributed by atoms with Crippen LogP contribution in [0.5, 0.6) is 0 Å². The Morgan fingerprint density at radius 2 is 2.11 bits per heavy atom. The molecular formula is C14H17N5. The predicted molar refractivity (Wildman–Crippen MR) is 73.7 cm³/mol. The van der Waals surface area contributed by atoms with Crippen LogP contribution in [0.3, 0.4) is 0 Å². The molecule has 19 heavy (non-hydrogen) atoms. The third kappa shape index (κ3) is 2.71. The zero-order valence-corrected chi connectivity index (χ0v) is 11.0. The lowest BCUT2D eigenvalue weighted by molar-refractivity contribution is 0.624. The molecule has 98 valence electrons. The number of aromatic nitrogens is 3. The van der Waals surface area contributed by atoms with Crippen LogP contribution < -0.4 is 10.6 Å². The molecule has 3 rings (SSSR count). The van der Waals surface area contributed by atoms with Gasteiger partial charge in [-0.25, -0.2) is 9.97 Å². The average molecular weight is 255 g/mol. The monoisotopic (exact) mass is 255 g/mol. The van der Waals surface area contributed by atoms with E-state index in [2.05, 4.69) is 25.6 Å². The van der Waals surface area contributed by atoms with Crippen LogP contribution in [0.15, 0.2) is 24.5 Å². The minimum atomic E-state index is 0.755. The quantitative estimate of drug-likeness (QED) is 0.869. The summed E-state index contributed by atoms with van der Waals surface area (Å²) in [5, 5.41) is 6.78. The van der Waals surface area contributed by atoms with Crippen LogP contribution >= 0.6 is 0 Å². The van der Waals surface area contributed by atoms with Crippen molar-refractivity contribution in [3.8, 4) is 0 Å². The molecule has 2 aromatic heterocycles. The van der Waals surface area contributed by atoms with Gasteiger partial charge in [-0.05, 0) is 24.6 Å². The predicted octanol–water partition coefficient (Wildman–Crippen LogP) is 1.44. The first kappa shape index (κ1) is 12.0. The summed E-state index contributed by atoms with van der Waals surface area (Å²) in [6, 6.07) is 4.01. The van der Waals surface area contributed by atoms with Crippen LogP contribution in [0, 0.1) is 6.92 Å². The van der Waals surface area contributed by atoms with Gasteiger partial charge in [-0.3, -0.25) is 4.98 Å². The maximum atomic E-state index is 4.53. The first-order chi connectivity index (χ1) is 9.33. The van der Waals surface area contributed by atoms with E-state index in [0.29, 0.717) is 0 Å². The molecule has 5 heteroatoms. The molecule has 0 spiro atoms. The number of nitrogens with zero attached hydrogens (tertiary/aromatic N) is 3. The van der Waals surface area contributed by atoms with Crippen molar-refractivity contribution in [2.24, 2.45) is 0 Å². The van der Waals surface area contributed by atoms with Gasteiger partial charge >= 0.3 is 0 Å². The van der Waals surface area contributed by atoms with Gasteiger partial charge in [-0.1, -0.05) is 0 Å². The van der Waals surface area contributed by atoms with Crippen LogP contribution in [0.1, 0.15) is 22.6 Å². The lowest BCUT2D eigenvalue weighted by atomic mass is 10.1. The minimum absolute atomic E-state index is 0.755. The first-order valence-corrected chi connectivity index (χ1v) is 6.53. The molecule has 3 heterocycles. The van der Waals surface area contributed by atoms with Crippen molar-refractivity contribution < 1.29 is 0 Å². The highest BCUT2D eigenvalue weighted by Gasteiger charge is 2.16. The molecular weight excluding hydrogens is 238 g/mol. The Kier molecular flexibility index (Phi) is 3.37. The number of hydrogen-bond donors (Lipinski definition) is 2. The van der Waals surface area contributed by atoms with Crippen molar-refractivity contribution in [2.45, 2.75) is 26.4 Å². The molecule has 0 saturated heterocycles. The fourth-order valence-corrected chi connectivity index (χ4v) is 2.30. The molecule has 0 aliphatic carbocycles. The smallest absolute Gasteiger partial charge is 0.134 e. The Morgan fingerprint density at radius 3 is 2.95 bits per heavy atom. The van der Waals surface area contributed by atoms with Gasteiger partial charge in [0.2, 0.25) is 0 Å². The molecule has 1 aliphatic rings. The highest BCUT2D eigenvalue weighted by Crippen LogP contribution is 2.20. The fourth-order valence-electron chi connectivity index (χ4n) is 2.30. The van der Waals surface area contributed by atoms with Crippen LogP contribution in [0.25, 0.3) is 0 Å². The van der Waals surface area contributed by atoms with Crippen molar-refractivity contribution in [1.82, 2.24) is 20.3 Å². The molecule has 0 atom stereocenters. The lowest BCUT2D eigenvalue weighted by Crippen LogP contribution is -2.26. The standard InChI is InChI=1S/C14H17N5/c1-10-18-13-4-7-16-9-12(13)14(19-10)17-8-11-2-5-15-6-3-11/h2-3,5-6,16H,4,7-9H2,1H3,(H,17,18,19). The van der Waals surface area contributed by atoms with Gasteiger partial charge in [0.25, 0.3) is 0 Å². The Bertz CT molecular complexity index is 568. The second-order valence-electron chi connectivity index (χ2n) is 4.68. The van der Waals surface area contributed by atoms with E-state index in [1.807, 2.05) is 19.1 Å². The normalized spacial score (nSPS) is 13.9. The summed E-state index contributed by atoms with van der Waals surface area (Å²) < 4.78 is 0. The summed E-state index contributed by atoms with van der Waals surface area (Å²) in [7, 11) is 0. The van der Waals surface area contributed by atoms with Crippen LogP contribution in [0.2, 0.25) is 0 Å². The van der Waals surface area contributed by atoms with Gasteiger partial charge < -0.3 is 10.6 Å². The highest BCUT2D eigenvalue weighted by atomic mass is 15.1. The molecule has 2 aromatic rings. The van der Waals surface area contributed by atoms with E-state index >= 15 is 0 Å². The molecule has 5 nitrogen and oxygen atoms in total. The second-order valence-corrected chi connectivity index (χ2v) is 4.68. The van der Waals surface area contributed by atoms with Crippen molar-refractivity contribution in [1.29, 1.82) is 0 Å². The van der Waals surface area contributed by atoms with Crippen molar-refractivity contribution in [3.63, 3.8) is 0 Å². The minimum Gasteiger partial charge on any atom is -0.366 e. The van der Waals surface area contributed by atoms with Gasteiger partial charge in [0, 0.05) is 44.0 Å². The zero-order chi connectivity index (χ0) is 13.1. The Hall–Kier alpha value is -2.01. The summed E-state index contributed by atoms with van der Waals surface area (Å²) in [5.74, 6) is 1.78.